The predicted octanol–water partition coefficient (Wildman–Crippen LogP) is 3.59. The molecule has 0 saturated heterocycles. The summed E-state index contributed by atoms with van der Waals surface area (Å²) in [5.41, 5.74) is 0.261. The molecule has 1 N–H and O–H groups in total. The van der Waals surface area contributed by atoms with E-state index >= 15 is 0 Å². The van der Waals surface area contributed by atoms with Crippen molar-refractivity contribution >= 4 is 11.3 Å². The maximum atomic E-state index is 10.4. The highest BCUT2D eigenvalue weighted by atomic mass is 32.1. The Labute approximate surface area is 100 Å². The van der Waals surface area contributed by atoms with Crippen molar-refractivity contribution in [2.75, 3.05) is 0 Å². The number of hydrogen-bond donors (Lipinski definition) is 1. The molecule has 0 radical (unpaired) electrons. The predicted molar refractivity (Wildman–Crippen MR) is 68.7 cm³/mol. The van der Waals surface area contributed by atoms with Crippen molar-refractivity contribution in [3.05, 3.63) is 58.3 Å². The van der Waals surface area contributed by atoms with E-state index in [0.29, 0.717) is 0 Å². The lowest BCUT2D eigenvalue weighted by molar-refractivity contribution is 0.0483. The van der Waals surface area contributed by atoms with Crippen molar-refractivity contribution in [1.29, 1.82) is 0 Å². The van der Waals surface area contributed by atoms with Gasteiger partial charge in [-0.3, -0.25) is 0 Å². The molecule has 2 aromatic rings. The van der Waals surface area contributed by atoms with Gasteiger partial charge in [0, 0.05) is 4.88 Å². The van der Waals surface area contributed by atoms with Gasteiger partial charge >= 0.3 is 0 Å². The third kappa shape index (κ3) is 2.71. The molecule has 1 atom stereocenters. The van der Waals surface area contributed by atoms with E-state index in [1.807, 2.05) is 37.3 Å². The van der Waals surface area contributed by atoms with Gasteiger partial charge in [0.15, 0.2) is 0 Å². The van der Waals surface area contributed by atoms with E-state index in [4.69, 9.17) is 0 Å². The lowest BCUT2D eigenvalue weighted by Crippen LogP contribution is -2.21. The Hall–Kier alpha value is -1.12. The average Bonchev–Trinajstić information content (AvgIpc) is 2.81. The monoisotopic (exact) mass is 232 g/mol. The molecule has 2 heteroatoms. The molecule has 1 unspecified atom stereocenters. The van der Waals surface area contributed by atoms with E-state index in [1.54, 1.807) is 11.3 Å². The summed E-state index contributed by atoms with van der Waals surface area (Å²) in [6.45, 7) is 1.88. The van der Waals surface area contributed by atoms with Gasteiger partial charge < -0.3 is 5.11 Å². The zero-order valence-corrected chi connectivity index (χ0v) is 10.2. The molecule has 2 rings (SSSR count). The van der Waals surface area contributed by atoms with Crippen LogP contribution in [-0.2, 0) is 12.0 Å². The highest BCUT2D eigenvalue weighted by Crippen LogP contribution is 2.26. The number of aryl methyl sites for hydroxylation is 1. The van der Waals surface area contributed by atoms with Gasteiger partial charge in [-0.25, -0.2) is 0 Å². The van der Waals surface area contributed by atoms with Gasteiger partial charge in [0.05, 0.1) is 5.60 Å². The van der Waals surface area contributed by atoms with Crippen molar-refractivity contribution in [2.24, 2.45) is 0 Å². The highest BCUT2D eigenvalue weighted by molar-refractivity contribution is 7.09. The molecular weight excluding hydrogens is 216 g/mol. The first-order chi connectivity index (χ1) is 7.68. The van der Waals surface area contributed by atoms with E-state index in [-0.39, 0.29) is 0 Å². The summed E-state index contributed by atoms with van der Waals surface area (Å²) in [4.78, 5) is 1.33. The Morgan fingerprint density at radius 3 is 2.50 bits per heavy atom. The van der Waals surface area contributed by atoms with E-state index < -0.39 is 5.60 Å². The molecule has 16 heavy (non-hydrogen) atoms. The average molecular weight is 232 g/mol. The third-order valence-corrected chi connectivity index (χ3v) is 3.77. The fraction of sp³-hybridized carbons (Fsp3) is 0.286. The van der Waals surface area contributed by atoms with Crippen LogP contribution in [0.15, 0.2) is 47.8 Å². The van der Waals surface area contributed by atoms with Crippen LogP contribution in [0.25, 0.3) is 0 Å². The van der Waals surface area contributed by atoms with E-state index in [0.717, 1.165) is 18.4 Å². The van der Waals surface area contributed by atoms with Crippen LogP contribution in [0.5, 0.6) is 0 Å². The van der Waals surface area contributed by atoms with Gasteiger partial charge in [0.1, 0.15) is 0 Å². The maximum absolute atomic E-state index is 10.4. The van der Waals surface area contributed by atoms with Crippen LogP contribution < -0.4 is 0 Å². The number of rotatable bonds is 4. The van der Waals surface area contributed by atoms with Crippen molar-refractivity contribution in [3.8, 4) is 0 Å². The molecular formula is C14H16OS. The summed E-state index contributed by atoms with van der Waals surface area (Å²) in [7, 11) is 0. The number of benzene rings is 1. The lowest BCUT2D eigenvalue weighted by Gasteiger charge is -2.23. The van der Waals surface area contributed by atoms with Crippen LogP contribution in [0.3, 0.4) is 0 Å². The SMILES string of the molecule is CC(O)(CCc1cccs1)c1ccccc1. The molecule has 84 valence electrons. The van der Waals surface area contributed by atoms with Crippen LogP contribution in [0.2, 0.25) is 0 Å². The van der Waals surface area contributed by atoms with Crippen molar-refractivity contribution in [2.45, 2.75) is 25.4 Å². The molecule has 1 aromatic carbocycles. The molecule has 0 saturated carbocycles. The zero-order chi connectivity index (χ0) is 11.4. The minimum atomic E-state index is -0.731. The van der Waals surface area contributed by atoms with Gasteiger partial charge in [-0.05, 0) is 36.8 Å². The highest BCUT2D eigenvalue weighted by Gasteiger charge is 2.22. The van der Waals surface area contributed by atoms with Gasteiger partial charge in [-0.1, -0.05) is 36.4 Å². The first kappa shape index (κ1) is 11.4. The second-order valence-electron chi connectivity index (χ2n) is 4.22. The third-order valence-electron chi connectivity index (χ3n) is 2.83. The Balaban J connectivity index is 2.03. The minimum Gasteiger partial charge on any atom is -0.385 e. The standard InChI is InChI=1S/C14H16OS/c1-14(15,12-6-3-2-4-7-12)10-9-13-8-5-11-16-13/h2-8,11,15H,9-10H2,1H3. The number of hydrogen-bond acceptors (Lipinski definition) is 2. The molecule has 0 aliphatic carbocycles. The number of thiophene rings is 1. The van der Waals surface area contributed by atoms with Crippen LogP contribution in [-0.4, -0.2) is 5.11 Å². The van der Waals surface area contributed by atoms with Gasteiger partial charge in [-0.15, -0.1) is 11.3 Å². The summed E-state index contributed by atoms with van der Waals surface area (Å²) in [6, 6.07) is 14.0. The van der Waals surface area contributed by atoms with Crippen LogP contribution in [0, 0.1) is 0 Å². The summed E-state index contributed by atoms with van der Waals surface area (Å²) in [6.07, 6.45) is 1.69. The molecule has 0 aliphatic heterocycles. The molecule has 0 bridgehead atoms. The van der Waals surface area contributed by atoms with Crippen molar-refractivity contribution in [3.63, 3.8) is 0 Å². The zero-order valence-electron chi connectivity index (χ0n) is 9.39. The molecule has 0 fully saturated rings. The Morgan fingerprint density at radius 2 is 1.88 bits per heavy atom. The van der Waals surface area contributed by atoms with Gasteiger partial charge in [0.2, 0.25) is 0 Å². The quantitative estimate of drug-likeness (QED) is 0.854. The minimum absolute atomic E-state index is 0.731. The first-order valence-electron chi connectivity index (χ1n) is 5.49. The van der Waals surface area contributed by atoms with Crippen LogP contribution in [0.4, 0.5) is 0 Å². The topological polar surface area (TPSA) is 20.2 Å². The largest absolute Gasteiger partial charge is 0.385 e. The van der Waals surface area contributed by atoms with Crippen LogP contribution in [0.1, 0.15) is 23.8 Å². The second-order valence-corrected chi connectivity index (χ2v) is 5.25. The van der Waals surface area contributed by atoms with Gasteiger partial charge in [0.25, 0.3) is 0 Å². The molecule has 0 amide bonds. The Morgan fingerprint density at radius 1 is 1.12 bits per heavy atom. The fourth-order valence-corrected chi connectivity index (χ4v) is 2.47. The first-order valence-corrected chi connectivity index (χ1v) is 6.37. The summed E-state index contributed by atoms with van der Waals surface area (Å²) < 4.78 is 0. The Bertz CT molecular complexity index is 417. The van der Waals surface area contributed by atoms with E-state index in [2.05, 4.69) is 17.5 Å². The molecule has 1 heterocycles. The smallest absolute Gasteiger partial charge is 0.0872 e. The summed E-state index contributed by atoms with van der Waals surface area (Å²) in [5.74, 6) is 0. The van der Waals surface area contributed by atoms with E-state index in [9.17, 15) is 5.11 Å². The fourth-order valence-electron chi connectivity index (χ4n) is 1.76. The van der Waals surface area contributed by atoms with Gasteiger partial charge in [-0.2, -0.15) is 0 Å². The Kier molecular flexibility index (Phi) is 3.42. The molecule has 0 spiro atoms. The molecule has 1 nitrogen and oxygen atoms in total. The lowest BCUT2D eigenvalue weighted by atomic mass is 9.91. The summed E-state index contributed by atoms with van der Waals surface area (Å²) >= 11 is 1.75. The van der Waals surface area contributed by atoms with Crippen molar-refractivity contribution < 1.29 is 5.11 Å². The maximum Gasteiger partial charge on any atom is 0.0872 e. The van der Waals surface area contributed by atoms with E-state index in [1.165, 1.54) is 4.88 Å². The number of aliphatic hydroxyl groups is 1. The molecule has 0 aliphatic rings. The molecule has 1 aromatic heterocycles. The normalized spacial score (nSPS) is 14.6. The summed E-state index contributed by atoms with van der Waals surface area (Å²) in [5, 5.41) is 12.5. The second kappa shape index (κ2) is 4.81. The van der Waals surface area contributed by atoms with Crippen molar-refractivity contribution in [1.82, 2.24) is 0 Å². The van der Waals surface area contributed by atoms with Crippen LogP contribution >= 0.6 is 11.3 Å².